The number of carboxylic acid groups (broad SMARTS) is 1. The number of benzene rings is 1. The number of carboxylic acids is 1. The molecule has 0 bridgehead atoms. The number of ether oxygens (including phenoxy) is 1. The lowest BCUT2D eigenvalue weighted by molar-refractivity contribution is -0.142. The summed E-state index contributed by atoms with van der Waals surface area (Å²) in [6.45, 7) is 2.01. The lowest BCUT2D eigenvalue weighted by Crippen LogP contribution is -2.47. The molecule has 4 nitrogen and oxygen atoms in total. The first-order valence-electron chi connectivity index (χ1n) is 6.60. The van der Waals surface area contributed by atoms with E-state index in [9.17, 15) is 9.18 Å². The summed E-state index contributed by atoms with van der Waals surface area (Å²) < 4.78 is 18.2. The van der Waals surface area contributed by atoms with Crippen molar-refractivity contribution in [2.75, 3.05) is 31.2 Å². The van der Waals surface area contributed by atoms with Crippen molar-refractivity contribution in [1.82, 2.24) is 4.90 Å². The third-order valence-corrected chi connectivity index (χ3v) is 4.22. The van der Waals surface area contributed by atoms with E-state index < -0.39 is 5.97 Å². The molecule has 0 saturated carbocycles. The average molecular weight is 299 g/mol. The summed E-state index contributed by atoms with van der Waals surface area (Å²) in [7, 11) is 0. The van der Waals surface area contributed by atoms with Gasteiger partial charge in [-0.1, -0.05) is 0 Å². The Hall–Kier alpha value is -1.27. The Labute approximate surface area is 121 Å². The van der Waals surface area contributed by atoms with E-state index in [0.29, 0.717) is 24.7 Å². The fraction of sp³-hybridized carbons (Fsp3) is 0.500. The van der Waals surface area contributed by atoms with Crippen LogP contribution in [0, 0.1) is 5.82 Å². The summed E-state index contributed by atoms with van der Waals surface area (Å²) in [6, 6.07) is 5.51. The molecule has 110 valence electrons. The summed E-state index contributed by atoms with van der Waals surface area (Å²) >= 11 is 1.68. The van der Waals surface area contributed by atoms with Crippen molar-refractivity contribution in [2.45, 2.75) is 12.5 Å². The Balaban J connectivity index is 1.72. The predicted octanol–water partition coefficient (Wildman–Crippen LogP) is 2.10. The molecule has 0 aliphatic carbocycles. The van der Waals surface area contributed by atoms with Crippen LogP contribution in [0.4, 0.5) is 4.39 Å². The zero-order chi connectivity index (χ0) is 14.4. The van der Waals surface area contributed by atoms with Gasteiger partial charge in [-0.2, -0.15) is 11.8 Å². The number of hydrogen-bond donors (Lipinski definition) is 1. The molecule has 20 heavy (non-hydrogen) atoms. The van der Waals surface area contributed by atoms with Crippen molar-refractivity contribution >= 4 is 17.7 Å². The Morgan fingerprint density at radius 1 is 1.45 bits per heavy atom. The minimum Gasteiger partial charge on any atom is -0.494 e. The molecule has 1 N–H and O–H groups in total. The van der Waals surface area contributed by atoms with E-state index in [1.165, 1.54) is 12.1 Å². The molecule has 0 radical (unpaired) electrons. The molecule has 1 aromatic carbocycles. The second-order valence-electron chi connectivity index (χ2n) is 4.62. The highest BCUT2D eigenvalue weighted by atomic mass is 32.2. The lowest BCUT2D eigenvalue weighted by Gasteiger charge is -2.32. The second kappa shape index (κ2) is 7.50. The molecule has 2 rings (SSSR count). The molecule has 6 heteroatoms. The lowest BCUT2D eigenvalue weighted by atomic mass is 10.2. The van der Waals surface area contributed by atoms with E-state index in [2.05, 4.69) is 0 Å². The van der Waals surface area contributed by atoms with Gasteiger partial charge in [0.1, 0.15) is 17.6 Å². The first-order valence-corrected chi connectivity index (χ1v) is 7.75. The first-order chi connectivity index (χ1) is 9.66. The Kier molecular flexibility index (Phi) is 5.67. The third kappa shape index (κ3) is 4.38. The zero-order valence-electron chi connectivity index (χ0n) is 11.1. The van der Waals surface area contributed by atoms with Gasteiger partial charge >= 0.3 is 5.97 Å². The van der Waals surface area contributed by atoms with Gasteiger partial charge in [-0.25, -0.2) is 4.39 Å². The summed E-state index contributed by atoms with van der Waals surface area (Å²) in [6.07, 6.45) is 0.756. The molecule has 1 heterocycles. The number of hydrogen-bond acceptors (Lipinski definition) is 4. The van der Waals surface area contributed by atoms with Gasteiger partial charge in [0.05, 0.1) is 6.61 Å². The molecule has 1 fully saturated rings. The van der Waals surface area contributed by atoms with Gasteiger partial charge in [-0.15, -0.1) is 0 Å². The van der Waals surface area contributed by atoms with Crippen LogP contribution >= 0.6 is 11.8 Å². The van der Waals surface area contributed by atoms with E-state index in [4.69, 9.17) is 9.84 Å². The van der Waals surface area contributed by atoms with Crippen LogP contribution in [0.3, 0.4) is 0 Å². The number of aliphatic carboxylic acids is 1. The van der Waals surface area contributed by atoms with Crippen LogP contribution in [0.1, 0.15) is 6.42 Å². The zero-order valence-corrected chi connectivity index (χ0v) is 11.9. The van der Waals surface area contributed by atoms with Crippen molar-refractivity contribution < 1.29 is 19.0 Å². The molecule has 0 amide bonds. The van der Waals surface area contributed by atoms with Crippen molar-refractivity contribution in [2.24, 2.45) is 0 Å². The SMILES string of the molecule is O=C(O)C1CSCCN1CCCOc1ccc(F)cc1. The van der Waals surface area contributed by atoms with E-state index in [0.717, 1.165) is 18.7 Å². The minimum absolute atomic E-state index is 0.285. The monoisotopic (exact) mass is 299 g/mol. The van der Waals surface area contributed by atoms with Gasteiger partial charge in [-0.3, -0.25) is 9.69 Å². The van der Waals surface area contributed by atoms with Crippen molar-refractivity contribution in [1.29, 1.82) is 0 Å². The molecule has 1 aliphatic rings. The van der Waals surface area contributed by atoms with Crippen LogP contribution < -0.4 is 4.74 Å². The van der Waals surface area contributed by atoms with Crippen LogP contribution in [0.5, 0.6) is 5.75 Å². The molecule has 1 aliphatic heterocycles. The van der Waals surface area contributed by atoms with Crippen molar-refractivity contribution in [3.05, 3.63) is 30.1 Å². The summed E-state index contributed by atoms with van der Waals surface area (Å²) in [5.41, 5.74) is 0. The molecule has 0 spiro atoms. The van der Waals surface area contributed by atoms with Gasteiger partial charge in [0.15, 0.2) is 0 Å². The van der Waals surface area contributed by atoms with E-state index in [-0.39, 0.29) is 11.9 Å². The van der Waals surface area contributed by atoms with E-state index in [1.807, 2.05) is 4.90 Å². The van der Waals surface area contributed by atoms with Crippen LogP contribution in [0.2, 0.25) is 0 Å². The van der Waals surface area contributed by atoms with Gasteiger partial charge in [-0.05, 0) is 30.7 Å². The maximum atomic E-state index is 12.7. The normalized spacial score (nSPS) is 19.8. The third-order valence-electron chi connectivity index (χ3n) is 3.20. The highest BCUT2D eigenvalue weighted by molar-refractivity contribution is 7.99. The van der Waals surface area contributed by atoms with E-state index >= 15 is 0 Å². The first kappa shape index (κ1) is 15.1. The van der Waals surface area contributed by atoms with Gasteiger partial charge < -0.3 is 9.84 Å². The maximum absolute atomic E-state index is 12.7. The average Bonchev–Trinajstić information content (AvgIpc) is 2.46. The Morgan fingerprint density at radius 2 is 2.20 bits per heavy atom. The standard InChI is InChI=1S/C14H18FNO3S/c15-11-2-4-12(5-3-11)19-8-1-6-16-7-9-20-10-13(16)14(17)18/h2-5,13H,1,6-10H2,(H,17,18). The molecular formula is C14H18FNO3S. The fourth-order valence-electron chi connectivity index (χ4n) is 2.12. The summed E-state index contributed by atoms with van der Waals surface area (Å²) in [4.78, 5) is 13.1. The molecular weight excluding hydrogens is 281 g/mol. The number of halogens is 1. The summed E-state index contributed by atoms with van der Waals surface area (Å²) in [5, 5.41) is 9.15. The van der Waals surface area contributed by atoms with Crippen LogP contribution in [-0.2, 0) is 4.79 Å². The topological polar surface area (TPSA) is 49.8 Å². The number of carbonyl (C=O) groups is 1. The number of thioether (sulfide) groups is 1. The van der Waals surface area contributed by atoms with Crippen LogP contribution in [-0.4, -0.2) is 53.2 Å². The highest BCUT2D eigenvalue weighted by Crippen LogP contribution is 2.17. The van der Waals surface area contributed by atoms with Crippen molar-refractivity contribution in [3.63, 3.8) is 0 Å². The fourth-order valence-corrected chi connectivity index (χ4v) is 3.23. The second-order valence-corrected chi connectivity index (χ2v) is 5.77. The smallest absolute Gasteiger partial charge is 0.321 e. The highest BCUT2D eigenvalue weighted by Gasteiger charge is 2.28. The van der Waals surface area contributed by atoms with Gasteiger partial charge in [0.2, 0.25) is 0 Å². The predicted molar refractivity (Wildman–Crippen MR) is 76.8 cm³/mol. The maximum Gasteiger partial charge on any atom is 0.321 e. The van der Waals surface area contributed by atoms with Crippen molar-refractivity contribution in [3.8, 4) is 5.75 Å². The molecule has 1 saturated heterocycles. The van der Waals surface area contributed by atoms with Crippen LogP contribution in [0.15, 0.2) is 24.3 Å². The van der Waals surface area contributed by atoms with Gasteiger partial charge in [0, 0.05) is 24.6 Å². The van der Waals surface area contributed by atoms with Crippen LogP contribution in [0.25, 0.3) is 0 Å². The van der Waals surface area contributed by atoms with E-state index in [1.54, 1.807) is 23.9 Å². The Morgan fingerprint density at radius 3 is 2.90 bits per heavy atom. The molecule has 1 atom stereocenters. The summed E-state index contributed by atoms with van der Waals surface area (Å²) in [5.74, 6) is 1.22. The molecule has 0 aromatic heterocycles. The molecule has 1 unspecified atom stereocenters. The quantitative estimate of drug-likeness (QED) is 0.815. The molecule has 1 aromatic rings. The Bertz CT molecular complexity index is 441. The number of nitrogens with zero attached hydrogens (tertiary/aromatic N) is 1. The van der Waals surface area contributed by atoms with Gasteiger partial charge in [0.25, 0.3) is 0 Å². The number of rotatable bonds is 6. The minimum atomic E-state index is -0.753. The largest absolute Gasteiger partial charge is 0.494 e.